The predicted molar refractivity (Wildman–Crippen MR) is 170 cm³/mol. The number of rotatable bonds is 4. The van der Waals surface area contributed by atoms with Gasteiger partial charge in [-0.15, -0.1) is 0 Å². The molecule has 0 spiro atoms. The molecule has 1 aliphatic rings. The van der Waals surface area contributed by atoms with Crippen molar-refractivity contribution in [1.29, 1.82) is 0 Å². The molecule has 0 heterocycles. The van der Waals surface area contributed by atoms with E-state index in [4.69, 9.17) is 4.99 Å². The SMILES string of the molecule is C=NC(=NC(=NC)c1cc(-c2ccccc2)cc(-c2ccccc2)c1)c1ccc2c(c1)C(C)(C)c1ccccc1-2. The van der Waals surface area contributed by atoms with Gasteiger partial charge in [0.15, 0.2) is 11.7 Å². The molecule has 6 rings (SSSR count). The van der Waals surface area contributed by atoms with Crippen LogP contribution >= 0.6 is 0 Å². The number of benzene rings is 5. The van der Waals surface area contributed by atoms with Crippen molar-refractivity contribution in [2.45, 2.75) is 19.3 Å². The molecule has 0 saturated carbocycles. The summed E-state index contributed by atoms with van der Waals surface area (Å²) in [7, 11) is 1.78. The van der Waals surface area contributed by atoms with Crippen molar-refractivity contribution in [3.63, 3.8) is 0 Å². The zero-order chi connectivity index (χ0) is 27.7. The Morgan fingerprint density at radius 3 is 1.73 bits per heavy atom. The standard InChI is InChI=1S/C37H31N3/c1-37(2)33-18-12-11-17-31(33)32-20-19-27(24-34(32)37)35(38-3)40-36(39-4)30-22-28(25-13-7-5-8-14-25)21-29(23-30)26-15-9-6-10-16-26/h5-24H,3H2,1-2,4H3. The van der Waals surface area contributed by atoms with E-state index < -0.39 is 0 Å². The molecule has 5 aromatic carbocycles. The molecule has 0 bridgehead atoms. The van der Waals surface area contributed by atoms with Crippen molar-refractivity contribution in [3.8, 4) is 33.4 Å². The quantitative estimate of drug-likeness (QED) is 0.169. The summed E-state index contributed by atoms with van der Waals surface area (Å²) in [6, 6.07) is 42.5. The molecule has 194 valence electrons. The number of hydrogen-bond acceptors (Lipinski definition) is 1. The highest BCUT2D eigenvalue weighted by Crippen LogP contribution is 2.48. The Bertz CT molecular complexity index is 1720. The third-order valence-corrected chi connectivity index (χ3v) is 7.82. The summed E-state index contributed by atoms with van der Waals surface area (Å²) in [4.78, 5) is 14.0. The van der Waals surface area contributed by atoms with Crippen molar-refractivity contribution in [2.75, 3.05) is 7.05 Å². The minimum Gasteiger partial charge on any atom is -0.270 e. The molecule has 1 aliphatic carbocycles. The summed E-state index contributed by atoms with van der Waals surface area (Å²) in [6.07, 6.45) is 0. The lowest BCUT2D eigenvalue weighted by molar-refractivity contribution is 0.660. The fourth-order valence-electron chi connectivity index (χ4n) is 5.73. The van der Waals surface area contributed by atoms with Crippen molar-refractivity contribution in [1.82, 2.24) is 0 Å². The third-order valence-electron chi connectivity index (χ3n) is 7.82. The van der Waals surface area contributed by atoms with Crippen LogP contribution in [0.5, 0.6) is 0 Å². The van der Waals surface area contributed by atoms with E-state index in [1.807, 2.05) is 12.1 Å². The molecule has 3 heteroatoms. The van der Waals surface area contributed by atoms with E-state index in [0.29, 0.717) is 11.7 Å². The Balaban J connectivity index is 1.45. The molecule has 0 radical (unpaired) electrons. The highest BCUT2D eigenvalue weighted by atomic mass is 15.0. The summed E-state index contributed by atoms with van der Waals surface area (Å²) < 4.78 is 0. The van der Waals surface area contributed by atoms with Crippen LogP contribution in [0.3, 0.4) is 0 Å². The van der Waals surface area contributed by atoms with Gasteiger partial charge >= 0.3 is 0 Å². The topological polar surface area (TPSA) is 37.1 Å². The molecule has 5 aromatic rings. The monoisotopic (exact) mass is 517 g/mol. The summed E-state index contributed by atoms with van der Waals surface area (Å²) in [5.74, 6) is 1.17. The van der Waals surface area contributed by atoms with Gasteiger partial charge in [-0.1, -0.05) is 111 Å². The first kappa shape index (κ1) is 25.4. The minimum absolute atomic E-state index is 0.107. The molecule has 0 N–H and O–H groups in total. The van der Waals surface area contributed by atoms with Gasteiger partial charge in [-0.25, -0.2) is 9.98 Å². The Morgan fingerprint density at radius 1 is 0.550 bits per heavy atom. The molecule has 0 aromatic heterocycles. The third kappa shape index (κ3) is 4.50. The largest absolute Gasteiger partial charge is 0.270 e. The average molecular weight is 518 g/mol. The summed E-state index contributed by atoms with van der Waals surface area (Å²) >= 11 is 0. The van der Waals surface area contributed by atoms with Crippen LogP contribution in [0.2, 0.25) is 0 Å². The highest BCUT2D eigenvalue weighted by Gasteiger charge is 2.35. The number of amidine groups is 2. The second-order valence-corrected chi connectivity index (χ2v) is 10.6. The lowest BCUT2D eigenvalue weighted by Crippen LogP contribution is -2.15. The first-order valence-corrected chi connectivity index (χ1v) is 13.5. The van der Waals surface area contributed by atoms with Crippen LogP contribution in [0.25, 0.3) is 33.4 Å². The van der Waals surface area contributed by atoms with Gasteiger partial charge in [-0.05, 0) is 75.5 Å². The number of nitrogens with zero attached hydrogens (tertiary/aromatic N) is 3. The van der Waals surface area contributed by atoms with Gasteiger partial charge in [-0.2, -0.15) is 0 Å². The van der Waals surface area contributed by atoms with E-state index in [9.17, 15) is 0 Å². The zero-order valence-corrected chi connectivity index (χ0v) is 23.1. The number of aliphatic imine (C=N–C) groups is 3. The van der Waals surface area contributed by atoms with Gasteiger partial charge in [0.25, 0.3) is 0 Å². The van der Waals surface area contributed by atoms with Gasteiger partial charge in [0.2, 0.25) is 0 Å². The lowest BCUT2D eigenvalue weighted by atomic mass is 9.82. The smallest absolute Gasteiger partial charge is 0.161 e. The summed E-state index contributed by atoms with van der Waals surface area (Å²) in [6.45, 7) is 8.44. The Labute approximate surface area is 236 Å². The molecule has 0 aliphatic heterocycles. The first-order valence-electron chi connectivity index (χ1n) is 13.5. The fourth-order valence-corrected chi connectivity index (χ4v) is 5.73. The van der Waals surface area contributed by atoms with Crippen molar-refractivity contribution in [2.24, 2.45) is 15.0 Å². The highest BCUT2D eigenvalue weighted by molar-refractivity contribution is 6.13. The molecule has 0 saturated heterocycles. The van der Waals surface area contributed by atoms with E-state index in [1.54, 1.807) is 7.05 Å². The van der Waals surface area contributed by atoms with Crippen LogP contribution in [-0.2, 0) is 5.41 Å². The van der Waals surface area contributed by atoms with E-state index in [-0.39, 0.29) is 5.41 Å². The van der Waals surface area contributed by atoms with Gasteiger partial charge < -0.3 is 0 Å². The molecule has 0 atom stereocenters. The van der Waals surface area contributed by atoms with Crippen LogP contribution in [0.1, 0.15) is 36.1 Å². The second kappa shape index (κ2) is 10.3. The molecule has 0 fully saturated rings. The number of fused-ring (bicyclic) bond motifs is 3. The zero-order valence-electron chi connectivity index (χ0n) is 23.1. The van der Waals surface area contributed by atoms with E-state index >= 15 is 0 Å². The second-order valence-electron chi connectivity index (χ2n) is 10.6. The predicted octanol–water partition coefficient (Wildman–Crippen LogP) is 8.85. The van der Waals surface area contributed by atoms with Crippen molar-refractivity contribution >= 4 is 18.4 Å². The van der Waals surface area contributed by atoms with Crippen LogP contribution in [0.15, 0.2) is 136 Å². The minimum atomic E-state index is -0.107. The molecular formula is C37H31N3. The van der Waals surface area contributed by atoms with Crippen molar-refractivity contribution in [3.05, 3.63) is 144 Å². The van der Waals surface area contributed by atoms with Gasteiger partial charge in [0, 0.05) is 23.6 Å². The molecule has 3 nitrogen and oxygen atoms in total. The normalized spacial score (nSPS) is 14.0. The summed E-state index contributed by atoms with van der Waals surface area (Å²) in [5.41, 5.74) is 11.4. The maximum absolute atomic E-state index is 4.98. The van der Waals surface area contributed by atoms with E-state index in [2.05, 4.69) is 140 Å². The molecule has 0 unspecified atom stereocenters. The maximum Gasteiger partial charge on any atom is 0.161 e. The number of hydrogen-bond donors (Lipinski definition) is 0. The van der Waals surface area contributed by atoms with Gasteiger partial charge in [0.05, 0.1) is 0 Å². The lowest BCUT2D eigenvalue weighted by Gasteiger charge is -2.21. The molecule has 0 amide bonds. The average Bonchev–Trinajstić information content (AvgIpc) is 3.24. The van der Waals surface area contributed by atoms with E-state index in [1.165, 1.54) is 22.3 Å². The maximum atomic E-state index is 4.98. The Kier molecular flexibility index (Phi) is 6.57. The Hall–Kier alpha value is -4.89. The van der Waals surface area contributed by atoms with Crippen molar-refractivity contribution < 1.29 is 0 Å². The van der Waals surface area contributed by atoms with Gasteiger partial charge in [-0.3, -0.25) is 4.99 Å². The van der Waals surface area contributed by atoms with Crippen LogP contribution in [-0.4, -0.2) is 25.4 Å². The van der Waals surface area contributed by atoms with Crippen LogP contribution < -0.4 is 0 Å². The van der Waals surface area contributed by atoms with Gasteiger partial charge in [0.1, 0.15) is 0 Å². The molecule has 40 heavy (non-hydrogen) atoms. The summed E-state index contributed by atoms with van der Waals surface area (Å²) in [5, 5.41) is 0. The molecular weight excluding hydrogens is 486 g/mol. The Morgan fingerprint density at radius 2 is 1.12 bits per heavy atom. The van der Waals surface area contributed by atoms with Crippen LogP contribution in [0, 0.1) is 0 Å². The first-order chi connectivity index (χ1) is 19.5. The fraction of sp³-hybridized carbons (Fsp3) is 0.108. The van der Waals surface area contributed by atoms with Crippen LogP contribution in [0.4, 0.5) is 0 Å². The van der Waals surface area contributed by atoms with E-state index in [0.717, 1.165) is 33.4 Å².